The highest BCUT2D eigenvalue weighted by Crippen LogP contribution is 2.27. The van der Waals surface area contributed by atoms with E-state index in [0.29, 0.717) is 0 Å². The Kier molecular flexibility index (Phi) is 6.20. The summed E-state index contributed by atoms with van der Waals surface area (Å²) in [6.45, 7) is 0. The van der Waals surface area contributed by atoms with E-state index in [-0.39, 0.29) is 0 Å². The molecule has 1 aromatic rings. The first-order valence-electron chi connectivity index (χ1n) is 6.52. The van der Waals surface area contributed by atoms with Crippen molar-refractivity contribution in [2.45, 2.75) is 0 Å². The van der Waals surface area contributed by atoms with Crippen molar-refractivity contribution in [2.75, 3.05) is 28.4 Å². The molecule has 0 fully saturated rings. The summed E-state index contributed by atoms with van der Waals surface area (Å²) in [6, 6.07) is 0.721. The Morgan fingerprint density at radius 2 is 1.00 bits per heavy atom. The third kappa shape index (κ3) is 3.57. The van der Waals surface area contributed by atoms with Gasteiger partial charge in [0.05, 0.1) is 56.3 Å². The van der Waals surface area contributed by atoms with Gasteiger partial charge in [-0.15, -0.1) is 0 Å². The summed E-state index contributed by atoms with van der Waals surface area (Å²) in [5.74, 6) is -6.41. The molecule has 0 atom stereocenters. The fourth-order valence-electron chi connectivity index (χ4n) is 2.06. The molecule has 10 nitrogen and oxygen atoms in total. The average Bonchev–Trinajstić information content (AvgIpc) is 2.63. The summed E-state index contributed by atoms with van der Waals surface area (Å²) in [5.41, 5.74) is -3.54. The highest BCUT2D eigenvalue weighted by molar-refractivity contribution is 6.18. The van der Waals surface area contributed by atoms with Crippen molar-refractivity contribution in [3.05, 3.63) is 33.9 Å². The van der Waals surface area contributed by atoms with Crippen LogP contribution in [-0.2, 0) is 18.9 Å². The van der Waals surface area contributed by atoms with Crippen molar-refractivity contribution < 1.29 is 48.0 Å². The molecule has 1 rings (SSSR count). The minimum atomic E-state index is -1.65. The number of carbonyl (C=O) groups is 5. The van der Waals surface area contributed by atoms with Gasteiger partial charge >= 0.3 is 29.8 Å². The van der Waals surface area contributed by atoms with Crippen LogP contribution in [0, 0.1) is 0 Å². The summed E-state index contributed by atoms with van der Waals surface area (Å²) >= 11 is 0. The Morgan fingerprint density at radius 3 is 1.36 bits per heavy atom. The molecular weight excluding hydrogens is 340 g/mol. The standard InChI is InChI=1S/C15H14O10/c1-22-12(18)7-5-6(11(16)17)8(13(19)23-2)10(15(21)25-4)9(7)14(20)24-3/h5H,1-4H3,(H,16,17). The zero-order valence-corrected chi connectivity index (χ0v) is 13.7. The number of hydrogen-bond donors (Lipinski definition) is 1. The summed E-state index contributed by atoms with van der Waals surface area (Å²) in [6.07, 6.45) is 0. The summed E-state index contributed by atoms with van der Waals surface area (Å²) in [7, 11) is 3.83. The molecule has 0 bridgehead atoms. The number of carbonyl (C=O) groups excluding carboxylic acids is 4. The maximum atomic E-state index is 12.2. The van der Waals surface area contributed by atoms with Crippen LogP contribution in [0.25, 0.3) is 0 Å². The van der Waals surface area contributed by atoms with Crippen molar-refractivity contribution in [3.8, 4) is 0 Å². The molecular formula is C15H14O10. The molecule has 0 heterocycles. The lowest BCUT2D eigenvalue weighted by Crippen LogP contribution is -2.25. The van der Waals surface area contributed by atoms with Gasteiger partial charge in [-0.2, -0.15) is 0 Å². The Hall–Kier alpha value is -3.43. The lowest BCUT2D eigenvalue weighted by atomic mass is 9.91. The highest BCUT2D eigenvalue weighted by atomic mass is 16.5. The van der Waals surface area contributed by atoms with Crippen LogP contribution in [0.15, 0.2) is 6.07 Å². The normalized spacial score (nSPS) is 9.76. The smallest absolute Gasteiger partial charge is 0.339 e. The Balaban J connectivity index is 4.16. The van der Waals surface area contributed by atoms with E-state index in [1.54, 1.807) is 0 Å². The minimum Gasteiger partial charge on any atom is -0.478 e. The summed E-state index contributed by atoms with van der Waals surface area (Å²) in [5, 5.41) is 9.33. The van der Waals surface area contributed by atoms with Crippen molar-refractivity contribution in [1.29, 1.82) is 0 Å². The first-order chi connectivity index (χ1) is 11.7. The number of methoxy groups -OCH3 is 4. The lowest BCUT2D eigenvalue weighted by molar-refractivity contribution is 0.0517. The quantitative estimate of drug-likeness (QED) is 0.587. The largest absolute Gasteiger partial charge is 0.478 e. The third-order valence-corrected chi connectivity index (χ3v) is 3.13. The minimum absolute atomic E-state index is 0.584. The molecule has 134 valence electrons. The van der Waals surface area contributed by atoms with Crippen LogP contribution < -0.4 is 0 Å². The van der Waals surface area contributed by atoms with Crippen LogP contribution in [0.1, 0.15) is 51.8 Å². The van der Waals surface area contributed by atoms with E-state index >= 15 is 0 Å². The molecule has 0 saturated carbocycles. The first-order valence-corrected chi connectivity index (χ1v) is 6.52. The molecule has 0 amide bonds. The van der Waals surface area contributed by atoms with Crippen molar-refractivity contribution in [3.63, 3.8) is 0 Å². The van der Waals surface area contributed by atoms with Crippen LogP contribution in [0.5, 0.6) is 0 Å². The number of aromatic carboxylic acids is 1. The second-order valence-electron chi connectivity index (χ2n) is 4.37. The Labute approximate surface area is 141 Å². The molecule has 0 aliphatic rings. The van der Waals surface area contributed by atoms with Gasteiger partial charge < -0.3 is 24.1 Å². The maximum absolute atomic E-state index is 12.2. The van der Waals surface area contributed by atoms with Crippen molar-refractivity contribution in [1.82, 2.24) is 0 Å². The number of carboxylic acids is 1. The van der Waals surface area contributed by atoms with Gasteiger partial charge in [-0.1, -0.05) is 0 Å². The van der Waals surface area contributed by atoms with Gasteiger partial charge in [-0.05, 0) is 6.07 Å². The highest BCUT2D eigenvalue weighted by Gasteiger charge is 2.36. The molecule has 0 saturated heterocycles. The van der Waals surface area contributed by atoms with E-state index in [4.69, 9.17) is 0 Å². The van der Waals surface area contributed by atoms with Gasteiger partial charge in [0.2, 0.25) is 0 Å². The van der Waals surface area contributed by atoms with Gasteiger partial charge in [-0.25, -0.2) is 24.0 Å². The number of esters is 4. The van der Waals surface area contributed by atoms with Crippen LogP contribution in [0.4, 0.5) is 0 Å². The van der Waals surface area contributed by atoms with Crippen LogP contribution in [0.2, 0.25) is 0 Å². The van der Waals surface area contributed by atoms with E-state index in [1.165, 1.54) is 0 Å². The lowest BCUT2D eigenvalue weighted by Gasteiger charge is -2.16. The molecule has 0 spiro atoms. The van der Waals surface area contributed by atoms with Crippen LogP contribution in [0.3, 0.4) is 0 Å². The number of carboxylic acid groups (broad SMARTS) is 1. The zero-order chi connectivity index (χ0) is 19.3. The molecule has 0 aliphatic carbocycles. The molecule has 0 unspecified atom stereocenters. The summed E-state index contributed by atoms with van der Waals surface area (Å²) < 4.78 is 18.0. The average molecular weight is 354 g/mol. The number of hydrogen-bond acceptors (Lipinski definition) is 9. The van der Waals surface area contributed by atoms with E-state index < -0.39 is 57.7 Å². The second-order valence-corrected chi connectivity index (χ2v) is 4.37. The van der Waals surface area contributed by atoms with Crippen molar-refractivity contribution >= 4 is 29.8 Å². The summed E-state index contributed by atoms with van der Waals surface area (Å²) in [4.78, 5) is 59.7. The molecule has 0 radical (unpaired) electrons. The van der Waals surface area contributed by atoms with Crippen LogP contribution >= 0.6 is 0 Å². The molecule has 0 aliphatic heterocycles. The first kappa shape index (κ1) is 19.6. The topological polar surface area (TPSA) is 143 Å². The number of ether oxygens (including phenoxy) is 4. The van der Waals surface area contributed by atoms with E-state index in [2.05, 4.69) is 18.9 Å². The molecule has 1 N–H and O–H groups in total. The Bertz CT molecular complexity index is 762. The fraction of sp³-hybridized carbons (Fsp3) is 0.267. The van der Waals surface area contributed by atoms with Crippen molar-refractivity contribution in [2.24, 2.45) is 0 Å². The maximum Gasteiger partial charge on any atom is 0.339 e. The fourth-order valence-corrected chi connectivity index (χ4v) is 2.06. The molecule has 1 aromatic carbocycles. The predicted molar refractivity (Wildman–Crippen MR) is 78.8 cm³/mol. The van der Waals surface area contributed by atoms with E-state index in [0.717, 1.165) is 34.5 Å². The van der Waals surface area contributed by atoms with Gasteiger partial charge in [0.25, 0.3) is 0 Å². The van der Waals surface area contributed by atoms with Crippen LogP contribution in [-0.4, -0.2) is 63.4 Å². The second kappa shape index (κ2) is 7.90. The monoisotopic (exact) mass is 354 g/mol. The number of benzene rings is 1. The van der Waals surface area contributed by atoms with Gasteiger partial charge in [-0.3, -0.25) is 0 Å². The molecule has 25 heavy (non-hydrogen) atoms. The molecule has 10 heteroatoms. The Morgan fingerprint density at radius 1 is 0.640 bits per heavy atom. The SMILES string of the molecule is COC(=O)c1cc(C(=O)O)c(C(=O)OC)c(C(=O)OC)c1C(=O)OC. The molecule has 0 aromatic heterocycles. The van der Waals surface area contributed by atoms with E-state index in [1.807, 2.05) is 0 Å². The van der Waals surface area contributed by atoms with Gasteiger partial charge in [0.15, 0.2) is 0 Å². The zero-order valence-electron chi connectivity index (χ0n) is 13.7. The van der Waals surface area contributed by atoms with Gasteiger partial charge in [0, 0.05) is 0 Å². The van der Waals surface area contributed by atoms with Gasteiger partial charge in [0.1, 0.15) is 0 Å². The third-order valence-electron chi connectivity index (χ3n) is 3.13. The predicted octanol–water partition coefficient (Wildman–Crippen LogP) is 0.531. The number of rotatable bonds is 5. The van der Waals surface area contributed by atoms with E-state index in [9.17, 15) is 29.1 Å².